The summed E-state index contributed by atoms with van der Waals surface area (Å²) in [6, 6.07) is 10.9. The van der Waals surface area contributed by atoms with Gasteiger partial charge in [0.25, 0.3) is 0 Å². The molecular weight excluding hydrogens is 560 g/mol. The Morgan fingerprint density at radius 1 is 0.767 bits per heavy atom. The van der Waals surface area contributed by atoms with Gasteiger partial charge >= 0.3 is 5.97 Å². The first-order valence-corrected chi connectivity index (χ1v) is 13.4. The largest absolute Gasteiger partial charge is 0.508 e. The first kappa shape index (κ1) is 34.0. The van der Waals surface area contributed by atoms with Gasteiger partial charge in [-0.3, -0.25) is 24.2 Å². The molecule has 15 nitrogen and oxygen atoms in total. The quantitative estimate of drug-likeness (QED) is 0.0541. The van der Waals surface area contributed by atoms with E-state index in [2.05, 4.69) is 26.3 Å². The van der Waals surface area contributed by atoms with Gasteiger partial charge in [-0.05, 0) is 36.1 Å². The molecule has 0 saturated carbocycles. The lowest BCUT2D eigenvalue weighted by atomic mass is 10.0. The highest BCUT2D eigenvalue weighted by Crippen LogP contribution is 2.12. The molecule has 2 aromatic rings. The van der Waals surface area contributed by atoms with E-state index in [1.54, 1.807) is 30.3 Å². The molecule has 0 aromatic heterocycles. The minimum absolute atomic E-state index is 0.00196. The van der Waals surface area contributed by atoms with Crippen molar-refractivity contribution in [2.75, 3.05) is 19.6 Å². The van der Waals surface area contributed by atoms with Crippen molar-refractivity contribution in [3.8, 4) is 5.75 Å². The van der Waals surface area contributed by atoms with Crippen molar-refractivity contribution < 1.29 is 34.2 Å². The average Bonchev–Trinajstić information content (AvgIpc) is 2.97. The third-order valence-electron chi connectivity index (χ3n) is 6.13. The summed E-state index contributed by atoms with van der Waals surface area (Å²) in [6.45, 7) is -0.598. The Kier molecular flexibility index (Phi) is 13.9. The van der Waals surface area contributed by atoms with Crippen LogP contribution in [0, 0.1) is 0 Å². The molecule has 43 heavy (non-hydrogen) atoms. The van der Waals surface area contributed by atoms with Crippen molar-refractivity contribution >= 4 is 35.6 Å². The molecule has 12 N–H and O–H groups in total. The standard InChI is InChI=1S/C28H38N8O7/c29-15-23(38)33-16-24(39)34-21(13-17-5-2-1-3-6-17)26(41)35-20(7-4-12-32-28(30)31)25(40)36-22(27(42)43)14-18-8-10-19(37)11-9-18/h1-3,5-6,8-11,20-22,37H,4,7,12-16,29H2,(H,33,38)(H,34,39)(H,35,41)(H,36,40)(H,42,43)(H4,30,31,32)/t20-,21-,22-/m0/s1. The number of carboxylic acid groups (broad SMARTS) is 1. The summed E-state index contributed by atoms with van der Waals surface area (Å²) < 4.78 is 0. The van der Waals surface area contributed by atoms with Gasteiger partial charge in [0, 0.05) is 19.4 Å². The number of guanidine groups is 1. The number of carbonyl (C=O) groups is 5. The van der Waals surface area contributed by atoms with Gasteiger partial charge < -0.3 is 48.7 Å². The van der Waals surface area contributed by atoms with E-state index in [0.717, 1.165) is 0 Å². The second kappa shape index (κ2) is 17.6. The summed E-state index contributed by atoms with van der Waals surface area (Å²) in [4.78, 5) is 66.6. The van der Waals surface area contributed by atoms with Crippen LogP contribution in [0.25, 0.3) is 0 Å². The summed E-state index contributed by atoms with van der Waals surface area (Å²) in [5.41, 5.74) is 17.2. The van der Waals surface area contributed by atoms with Crippen LogP contribution in [0.3, 0.4) is 0 Å². The first-order chi connectivity index (χ1) is 20.5. The molecule has 0 heterocycles. The molecule has 0 aliphatic rings. The maximum atomic E-state index is 13.5. The number of aliphatic carboxylic acids is 1. The van der Waals surface area contributed by atoms with E-state index in [0.29, 0.717) is 11.1 Å². The minimum Gasteiger partial charge on any atom is -0.508 e. The van der Waals surface area contributed by atoms with Crippen LogP contribution in [-0.2, 0) is 36.8 Å². The molecule has 0 bridgehead atoms. The summed E-state index contributed by atoms with van der Waals surface area (Å²) in [6.07, 6.45) is 0.271. The minimum atomic E-state index is -1.35. The topological polar surface area (TPSA) is 264 Å². The molecule has 0 unspecified atom stereocenters. The molecule has 4 amide bonds. The van der Waals surface area contributed by atoms with Crippen molar-refractivity contribution in [2.24, 2.45) is 22.2 Å². The summed E-state index contributed by atoms with van der Waals surface area (Å²) >= 11 is 0. The van der Waals surface area contributed by atoms with Gasteiger partial charge in [-0.2, -0.15) is 0 Å². The van der Waals surface area contributed by atoms with Crippen LogP contribution in [-0.4, -0.2) is 83.5 Å². The average molecular weight is 599 g/mol. The summed E-state index contributed by atoms with van der Waals surface area (Å²) in [7, 11) is 0. The SMILES string of the molecule is NCC(=O)NCC(=O)N[C@@H](Cc1ccccc1)C(=O)N[C@@H](CCCN=C(N)N)C(=O)N[C@@H](Cc1ccc(O)cc1)C(=O)O. The third kappa shape index (κ3) is 12.9. The molecule has 15 heteroatoms. The van der Waals surface area contributed by atoms with Gasteiger partial charge in [0.1, 0.15) is 23.9 Å². The fourth-order valence-electron chi connectivity index (χ4n) is 3.94. The van der Waals surface area contributed by atoms with E-state index in [-0.39, 0.29) is 50.5 Å². The number of hydrogen-bond acceptors (Lipinski definition) is 8. The normalized spacial score (nSPS) is 12.6. The van der Waals surface area contributed by atoms with Crippen molar-refractivity contribution in [1.82, 2.24) is 21.3 Å². The molecule has 0 fully saturated rings. The van der Waals surface area contributed by atoms with E-state index in [1.165, 1.54) is 24.3 Å². The molecule has 0 radical (unpaired) electrons. The Morgan fingerprint density at radius 3 is 1.95 bits per heavy atom. The van der Waals surface area contributed by atoms with Gasteiger partial charge in [0.2, 0.25) is 23.6 Å². The number of amides is 4. The van der Waals surface area contributed by atoms with Crippen LogP contribution < -0.4 is 38.5 Å². The van der Waals surface area contributed by atoms with Crippen molar-refractivity contribution in [3.63, 3.8) is 0 Å². The maximum Gasteiger partial charge on any atom is 0.326 e. The molecule has 0 saturated heterocycles. The third-order valence-corrected chi connectivity index (χ3v) is 6.13. The van der Waals surface area contributed by atoms with Crippen molar-refractivity contribution in [1.29, 1.82) is 0 Å². The monoisotopic (exact) mass is 598 g/mol. The van der Waals surface area contributed by atoms with Gasteiger partial charge in [-0.25, -0.2) is 4.79 Å². The second-order valence-corrected chi connectivity index (χ2v) is 9.57. The number of hydrogen-bond donors (Lipinski definition) is 9. The van der Waals surface area contributed by atoms with E-state index in [9.17, 15) is 34.2 Å². The van der Waals surface area contributed by atoms with Crippen molar-refractivity contribution in [2.45, 2.75) is 43.8 Å². The zero-order valence-electron chi connectivity index (χ0n) is 23.5. The second-order valence-electron chi connectivity index (χ2n) is 9.57. The number of phenols is 1. The Morgan fingerprint density at radius 2 is 1.35 bits per heavy atom. The highest BCUT2D eigenvalue weighted by Gasteiger charge is 2.30. The number of aromatic hydroxyl groups is 1. The van der Waals surface area contributed by atoms with E-state index in [1.807, 2.05) is 0 Å². The number of nitrogens with one attached hydrogen (secondary N) is 4. The van der Waals surface area contributed by atoms with Crippen molar-refractivity contribution in [3.05, 3.63) is 65.7 Å². The van der Waals surface area contributed by atoms with Crippen LogP contribution >= 0.6 is 0 Å². The maximum absolute atomic E-state index is 13.5. The van der Waals surface area contributed by atoms with E-state index >= 15 is 0 Å². The number of carboxylic acids is 1. The molecular formula is C28H38N8O7. The zero-order valence-corrected chi connectivity index (χ0v) is 23.5. The van der Waals surface area contributed by atoms with Crippen LogP contribution in [0.5, 0.6) is 5.75 Å². The van der Waals surface area contributed by atoms with Gasteiger partial charge in [-0.1, -0.05) is 42.5 Å². The fraction of sp³-hybridized carbons (Fsp3) is 0.357. The number of rotatable bonds is 17. The first-order valence-electron chi connectivity index (χ1n) is 13.4. The molecule has 0 spiro atoms. The van der Waals surface area contributed by atoms with E-state index in [4.69, 9.17) is 17.2 Å². The lowest BCUT2D eigenvalue weighted by Crippen LogP contribution is -2.57. The molecule has 3 atom stereocenters. The molecule has 2 aromatic carbocycles. The Labute approximate surface area is 248 Å². The number of nitrogens with zero attached hydrogens (tertiary/aromatic N) is 1. The number of aliphatic imine (C=N–C) groups is 1. The van der Waals surface area contributed by atoms with Gasteiger partial charge in [-0.15, -0.1) is 0 Å². The number of nitrogens with two attached hydrogens (primary N) is 3. The number of benzene rings is 2. The van der Waals surface area contributed by atoms with Gasteiger partial charge in [0.05, 0.1) is 13.1 Å². The van der Waals surface area contributed by atoms with Crippen LogP contribution in [0.2, 0.25) is 0 Å². The highest BCUT2D eigenvalue weighted by molar-refractivity contribution is 5.94. The highest BCUT2D eigenvalue weighted by atomic mass is 16.4. The lowest BCUT2D eigenvalue weighted by molar-refractivity contribution is -0.142. The summed E-state index contributed by atoms with van der Waals surface area (Å²) in [5.74, 6) is -4.16. The Balaban J connectivity index is 2.23. The molecule has 0 aliphatic carbocycles. The number of phenolic OH excluding ortho intramolecular Hbond substituents is 1. The van der Waals surface area contributed by atoms with E-state index < -0.39 is 54.3 Å². The molecule has 2 rings (SSSR count). The molecule has 0 aliphatic heterocycles. The summed E-state index contributed by atoms with van der Waals surface area (Å²) in [5, 5.41) is 29.2. The Hall–Kier alpha value is -5.18. The predicted octanol–water partition coefficient (Wildman–Crippen LogP) is -2.16. The Bertz CT molecular complexity index is 1270. The van der Waals surface area contributed by atoms with Crippen LogP contribution in [0.1, 0.15) is 24.0 Å². The van der Waals surface area contributed by atoms with Gasteiger partial charge in [0.15, 0.2) is 5.96 Å². The molecule has 232 valence electrons. The van der Waals surface area contributed by atoms with Crippen LogP contribution in [0.15, 0.2) is 59.6 Å². The zero-order chi connectivity index (χ0) is 31.8. The van der Waals surface area contributed by atoms with Crippen LogP contribution in [0.4, 0.5) is 0 Å². The smallest absolute Gasteiger partial charge is 0.326 e. The fourth-order valence-corrected chi connectivity index (χ4v) is 3.94. The number of carbonyl (C=O) groups excluding carboxylic acids is 4. The lowest BCUT2D eigenvalue weighted by Gasteiger charge is -2.25. The predicted molar refractivity (Wildman–Crippen MR) is 157 cm³/mol.